The van der Waals surface area contributed by atoms with Gasteiger partial charge in [-0.15, -0.1) is 0 Å². The number of carbonyl (C=O) groups excluding carboxylic acids is 1. The van der Waals surface area contributed by atoms with E-state index in [1.165, 1.54) is 17.0 Å². The van der Waals surface area contributed by atoms with Crippen LogP contribution in [-0.2, 0) is 11.3 Å². The Morgan fingerprint density at radius 2 is 1.79 bits per heavy atom. The Kier molecular flexibility index (Phi) is 4.98. The van der Waals surface area contributed by atoms with Crippen molar-refractivity contribution >= 4 is 22.5 Å². The number of nitrogens with zero attached hydrogens (tertiary/aromatic N) is 3. The number of rotatable bonds is 5. The molecule has 2 aromatic carbocycles. The first-order chi connectivity index (χ1) is 14.1. The highest BCUT2D eigenvalue weighted by molar-refractivity contribution is 5.95. The van der Waals surface area contributed by atoms with E-state index >= 15 is 0 Å². The number of carbonyl (C=O) groups is 1. The third kappa shape index (κ3) is 3.96. The molecule has 0 aliphatic carbocycles. The van der Waals surface area contributed by atoms with E-state index in [0.29, 0.717) is 27.8 Å². The first-order valence-corrected chi connectivity index (χ1v) is 9.01. The molecule has 29 heavy (non-hydrogen) atoms. The maximum absolute atomic E-state index is 12.5. The Morgan fingerprint density at radius 1 is 1.00 bits per heavy atom. The van der Waals surface area contributed by atoms with Crippen LogP contribution in [0.3, 0.4) is 0 Å². The molecule has 144 valence electrons. The van der Waals surface area contributed by atoms with Crippen LogP contribution in [0, 0.1) is 0 Å². The number of aromatic amines is 1. The van der Waals surface area contributed by atoms with E-state index in [1.807, 2.05) is 12.1 Å². The highest BCUT2D eigenvalue weighted by Crippen LogP contribution is 2.25. The number of aryl methyl sites for hydroxylation is 1. The summed E-state index contributed by atoms with van der Waals surface area (Å²) in [5.74, 6) is -0.248. The standard InChI is InChI=1S/C21H17N5O3/c27-19(11-12-26-13-22-16-7-3-2-6-15(16)21(26)29)23-17-8-4-1-5-14(17)18-9-10-20(28)25-24-18/h1-10,13H,11-12H2,(H,23,27)(H,25,28). The molecule has 2 heterocycles. The molecule has 4 aromatic rings. The largest absolute Gasteiger partial charge is 0.325 e. The van der Waals surface area contributed by atoms with E-state index in [0.717, 1.165) is 0 Å². The molecule has 2 N–H and O–H groups in total. The zero-order valence-corrected chi connectivity index (χ0v) is 15.3. The number of hydrogen-bond donors (Lipinski definition) is 2. The first kappa shape index (κ1) is 18.3. The van der Waals surface area contributed by atoms with Crippen LogP contribution in [0.5, 0.6) is 0 Å². The SMILES string of the molecule is O=C(CCn1cnc2ccccc2c1=O)Nc1ccccc1-c1ccc(=O)[nH]n1. The lowest BCUT2D eigenvalue weighted by Gasteiger charge is -2.11. The second-order valence-electron chi connectivity index (χ2n) is 6.41. The topological polar surface area (TPSA) is 110 Å². The van der Waals surface area contributed by atoms with E-state index in [9.17, 15) is 14.4 Å². The number of H-pyrrole nitrogens is 1. The highest BCUT2D eigenvalue weighted by Gasteiger charge is 2.11. The first-order valence-electron chi connectivity index (χ1n) is 9.01. The van der Waals surface area contributed by atoms with Gasteiger partial charge in [-0.2, -0.15) is 5.10 Å². The lowest BCUT2D eigenvalue weighted by atomic mass is 10.1. The van der Waals surface area contributed by atoms with Crippen LogP contribution < -0.4 is 16.4 Å². The Bertz CT molecular complexity index is 1290. The Balaban J connectivity index is 1.50. The van der Waals surface area contributed by atoms with Crippen molar-refractivity contribution in [1.29, 1.82) is 0 Å². The van der Waals surface area contributed by atoms with Crippen molar-refractivity contribution in [3.8, 4) is 11.3 Å². The van der Waals surface area contributed by atoms with Crippen LogP contribution in [0.2, 0.25) is 0 Å². The summed E-state index contributed by atoms with van der Waals surface area (Å²) in [5, 5.41) is 9.75. The fraction of sp³-hybridized carbons (Fsp3) is 0.0952. The molecule has 0 bridgehead atoms. The number of anilines is 1. The number of amides is 1. The molecule has 0 spiro atoms. The third-order valence-corrected chi connectivity index (χ3v) is 4.47. The average Bonchev–Trinajstić information content (AvgIpc) is 2.74. The lowest BCUT2D eigenvalue weighted by Crippen LogP contribution is -2.23. The smallest absolute Gasteiger partial charge is 0.264 e. The van der Waals surface area contributed by atoms with Crippen LogP contribution >= 0.6 is 0 Å². The van der Waals surface area contributed by atoms with Gasteiger partial charge in [0, 0.05) is 24.6 Å². The molecular weight excluding hydrogens is 370 g/mol. The van der Waals surface area contributed by atoms with Crippen molar-refractivity contribution in [2.75, 3.05) is 5.32 Å². The summed E-state index contributed by atoms with van der Waals surface area (Å²) in [6.07, 6.45) is 1.56. The minimum atomic E-state index is -0.301. The maximum Gasteiger partial charge on any atom is 0.264 e. The van der Waals surface area contributed by atoms with Crippen molar-refractivity contribution < 1.29 is 4.79 Å². The molecular formula is C21H17N5O3. The molecule has 0 atom stereocenters. The zero-order valence-electron chi connectivity index (χ0n) is 15.3. The van der Waals surface area contributed by atoms with E-state index in [-0.39, 0.29) is 30.0 Å². The highest BCUT2D eigenvalue weighted by atomic mass is 16.2. The Hall–Kier alpha value is -4.07. The number of aromatic nitrogens is 4. The summed E-state index contributed by atoms with van der Waals surface area (Å²) in [6.45, 7) is 0.210. The minimum absolute atomic E-state index is 0.104. The summed E-state index contributed by atoms with van der Waals surface area (Å²) in [4.78, 5) is 40.5. The molecule has 8 heteroatoms. The van der Waals surface area contributed by atoms with Crippen molar-refractivity contribution in [2.24, 2.45) is 0 Å². The summed E-state index contributed by atoms with van der Waals surface area (Å²) >= 11 is 0. The van der Waals surface area contributed by atoms with Crippen LogP contribution in [0.15, 0.2) is 76.6 Å². The molecule has 0 saturated heterocycles. The molecule has 4 rings (SSSR count). The Morgan fingerprint density at radius 3 is 2.62 bits per heavy atom. The summed E-state index contributed by atoms with van der Waals surface area (Å²) in [5.41, 5.74) is 1.93. The van der Waals surface area contributed by atoms with E-state index < -0.39 is 0 Å². The summed E-state index contributed by atoms with van der Waals surface area (Å²) < 4.78 is 1.43. The van der Waals surface area contributed by atoms with Gasteiger partial charge in [-0.25, -0.2) is 10.1 Å². The molecule has 0 saturated carbocycles. The monoisotopic (exact) mass is 387 g/mol. The van der Waals surface area contributed by atoms with Gasteiger partial charge in [-0.05, 0) is 24.3 Å². The van der Waals surface area contributed by atoms with Gasteiger partial charge in [0.25, 0.3) is 11.1 Å². The lowest BCUT2D eigenvalue weighted by molar-refractivity contribution is -0.116. The van der Waals surface area contributed by atoms with Crippen LogP contribution in [0.25, 0.3) is 22.2 Å². The molecule has 1 amide bonds. The van der Waals surface area contributed by atoms with Gasteiger partial charge >= 0.3 is 0 Å². The molecule has 0 fully saturated rings. The zero-order chi connectivity index (χ0) is 20.2. The normalized spacial score (nSPS) is 10.8. The summed E-state index contributed by atoms with van der Waals surface area (Å²) in [6, 6.07) is 17.2. The van der Waals surface area contributed by atoms with Crippen LogP contribution in [0.1, 0.15) is 6.42 Å². The average molecular weight is 387 g/mol. The van der Waals surface area contributed by atoms with Gasteiger partial charge in [-0.1, -0.05) is 30.3 Å². The summed E-state index contributed by atoms with van der Waals surface area (Å²) in [7, 11) is 0. The fourth-order valence-corrected chi connectivity index (χ4v) is 3.01. The van der Waals surface area contributed by atoms with Crippen molar-refractivity contribution in [1.82, 2.24) is 19.7 Å². The molecule has 0 radical (unpaired) electrons. The second-order valence-corrected chi connectivity index (χ2v) is 6.41. The number of fused-ring (bicyclic) bond motifs is 1. The van der Waals surface area contributed by atoms with Gasteiger partial charge in [-0.3, -0.25) is 19.0 Å². The van der Waals surface area contributed by atoms with Gasteiger partial charge in [0.05, 0.1) is 28.6 Å². The van der Waals surface area contributed by atoms with Crippen molar-refractivity contribution in [2.45, 2.75) is 13.0 Å². The molecule has 0 unspecified atom stereocenters. The number of benzene rings is 2. The maximum atomic E-state index is 12.5. The molecule has 2 aromatic heterocycles. The van der Waals surface area contributed by atoms with Crippen LogP contribution in [0.4, 0.5) is 5.69 Å². The van der Waals surface area contributed by atoms with Gasteiger partial charge in [0.2, 0.25) is 5.91 Å². The van der Waals surface area contributed by atoms with Crippen molar-refractivity contribution in [3.63, 3.8) is 0 Å². The number of hydrogen-bond acceptors (Lipinski definition) is 5. The van der Waals surface area contributed by atoms with E-state index in [1.54, 1.807) is 42.5 Å². The van der Waals surface area contributed by atoms with Crippen LogP contribution in [-0.4, -0.2) is 25.7 Å². The van der Waals surface area contributed by atoms with Gasteiger partial charge in [0.1, 0.15) is 0 Å². The van der Waals surface area contributed by atoms with E-state index in [2.05, 4.69) is 20.5 Å². The quantitative estimate of drug-likeness (QED) is 0.545. The van der Waals surface area contributed by atoms with Gasteiger partial charge in [0.15, 0.2) is 0 Å². The number of para-hydroxylation sites is 2. The second kappa shape index (κ2) is 7.89. The molecule has 0 aliphatic rings. The molecule has 8 nitrogen and oxygen atoms in total. The predicted octanol–water partition coefficient (Wildman–Crippen LogP) is 2.18. The van der Waals surface area contributed by atoms with Gasteiger partial charge < -0.3 is 5.32 Å². The predicted molar refractivity (Wildman–Crippen MR) is 110 cm³/mol. The molecule has 0 aliphatic heterocycles. The number of nitrogens with one attached hydrogen (secondary N) is 2. The van der Waals surface area contributed by atoms with E-state index in [4.69, 9.17) is 0 Å². The Labute approximate surface area is 164 Å². The third-order valence-electron chi connectivity index (χ3n) is 4.47. The minimum Gasteiger partial charge on any atom is -0.325 e. The van der Waals surface area contributed by atoms with Crippen molar-refractivity contribution in [3.05, 3.63) is 87.7 Å². The fourth-order valence-electron chi connectivity index (χ4n) is 3.01.